The second kappa shape index (κ2) is 6.29. The lowest BCUT2D eigenvalue weighted by atomic mass is 10.3. The molecule has 0 aliphatic carbocycles. The van der Waals surface area contributed by atoms with Gasteiger partial charge in [0.25, 0.3) is 5.91 Å². The Morgan fingerprint density at radius 1 is 1.65 bits per heavy atom. The third kappa shape index (κ3) is 3.75. The monoisotopic (exact) mass is 382 g/mol. The highest BCUT2D eigenvalue weighted by Gasteiger charge is 2.16. The van der Waals surface area contributed by atoms with Crippen LogP contribution in [0, 0.1) is 0 Å². The van der Waals surface area contributed by atoms with Crippen LogP contribution in [0.5, 0.6) is 0 Å². The Kier molecular flexibility index (Phi) is 4.98. The van der Waals surface area contributed by atoms with E-state index in [2.05, 4.69) is 42.5 Å². The molecule has 2 N–H and O–H groups in total. The fraction of sp³-hybridized carbons (Fsp3) is 0.500. The summed E-state index contributed by atoms with van der Waals surface area (Å²) in [6, 6.07) is 2.02. The van der Waals surface area contributed by atoms with Crippen molar-refractivity contribution >= 4 is 49.1 Å². The van der Waals surface area contributed by atoms with Gasteiger partial charge in [0.1, 0.15) is 0 Å². The molecule has 1 atom stereocenters. The lowest BCUT2D eigenvalue weighted by Crippen LogP contribution is -2.48. The summed E-state index contributed by atoms with van der Waals surface area (Å²) in [5.74, 6) is -0.0474. The number of morpholine rings is 1. The standard InChI is InChI=1S/C10H12Br2N2O2S/c11-7-3-8(17-9(7)12)10(15)14-4-6-5-16-2-1-13-6/h3,6,13H,1-2,4-5H2,(H,14,15). The molecule has 0 bridgehead atoms. The molecule has 1 amide bonds. The van der Waals surface area contributed by atoms with Gasteiger partial charge in [-0.15, -0.1) is 11.3 Å². The summed E-state index contributed by atoms with van der Waals surface area (Å²) in [4.78, 5) is 12.5. The van der Waals surface area contributed by atoms with E-state index in [0.717, 1.165) is 21.4 Å². The smallest absolute Gasteiger partial charge is 0.261 e. The molecule has 2 rings (SSSR count). The zero-order chi connectivity index (χ0) is 12.3. The van der Waals surface area contributed by atoms with Crippen molar-refractivity contribution in [3.63, 3.8) is 0 Å². The van der Waals surface area contributed by atoms with E-state index in [9.17, 15) is 4.79 Å². The summed E-state index contributed by atoms with van der Waals surface area (Å²) in [5.41, 5.74) is 0. The van der Waals surface area contributed by atoms with Crippen molar-refractivity contribution in [1.29, 1.82) is 0 Å². The van der Waals surface area contributed by atoms with Crippen molar-refractivity contribution in [3.05, 3.63) is 19.2 Å². The van der Waals surface area contributed by atoms with Crippen LogP contribution in [0.25, 0.3) is 0 Å². The first-order chi connectivity index (χ1) is 8.16. The first-order valence-electron chi connectivity index (χ1n) is 5.21. The van der Waals surface area contributed by atoms with Gasteiger partial charge in [-0.2, -0.15) is 0 Å². The molecule has 1 aromatic rings. The molecule has 94 valence electrons. The summed E-state index contributed by atoms with van der Waals surface area (Å²) in [5, 5.41) is 6.18. The molecule has 1 unspecified atom stereocenters. The van der Waals surface area contributed by atoms with Crippen LogP contribution in [0.2, 0.25) is 0 Å². The Balaban J connectivity index is 1.84. The van der Waals surface area contributed by atoms with Gasteiger partial charge in [-0.3, -0.25) is 4.79 Å². The van der Waals surface area contributed by atoms with Crippen molar-refractivity contribution in [2.24, 2.45) is 0 Å². The quantitative estimate of drug-likeness (QED) is 0.839. The maximum atomic E-state index is 11.8. The normalized spacial score (nSPS) is 20.2. The zero-order valence-electron chi connectivity index (χ0n) is 8.96. The van der Waals surface area contributed by atoms with Gasteiger partial charge in [0.15, 0.2) is 0 Å². The molecule has 1 aromatic heterocycles. The number of carbonyl (C=O) groups is 1. The number of amides is 1. The van der Waals surface area contributed by atoms with Gasteiger partial charge < -0.3 is 15.4 Å². The Bertz CT molecular complexity index is 386. The topological polar surface area (TPSA) is 50.4 Å². The Morgan fingerprint density at radius 2 is 2.47 bits per heavy atom. The SMILES string of the molecule is O=C(NCC1COCCN1)c1cc(Br)c(Br)s1. The fourth-order valence-electron chi connectivity index (χ4n) is 1.51. The molecule has 7 heteroatoms. The van der Waals surface area contributed by atoms with Crippen molar-refractivity contribution in [3.8, 4) is 0 Å². The van der Waals surface area contributed by atoms with Crippen molar-refractivity contribution < 1.29 is 9.53 Å². The predicted molar refractivity (Wildman–Crippen MR) is 74.7 cm³/mol. The highest BCUT2D eigenvalue weighted by molar-refractivity contribution is 9.13. The van der Waals surface area contributed by atoms with E-state index in [1.54, 1.807) is 0 Å². The minimum atomic E-state index is -0.0474. The minimum absolute atomic E-state index is 0.0474. The summed E-state index contributed by atoms with van der Waals surface area (Å²) < 4.78 is 7.16. The number of nitrogens with one attached hydrogen (secondary N) is 2. The summed E-state index contributed by atoms with van der Waals surface area (Å²) >= 11 is 8.15. The number of halogens is 2. The fourth-order valence-corrected chi connectivity index (χ4v) is 3.46. The summed E-state index contributed by atoms with van der Waals surface area (Å²) in [6.45, 7) is 2.83. The zero-order valence-corrected chi connectivity index (χ0v) is 13.0. The van der Waals surface area contributed by atoms with Crippen molar-refractivity contribution in [1.82, 2.24) is 10.6 Å². The number of hydrogen-bond donors (Lipinski definition) is 2. The largest absolute Gasteiger partial charge is 0.378 e. The van der Waals surface area contributed by atoms with Crippen LogP contribution >= 0.6 is 43.2 Å². The minimum Gasteiger partial charge on any atom is -0.378 e. The molecule has 2 heterocycles. The number of thiophene rings is 1. The Morgan fingerprint density at radius 3 is 3.06 bits per heavy atom. The maximum Gasteiger partial charge on any atom is 0.261 e. The second-order valence-corrected chi connectivity index (χ2v) is 6.89. The van der Waals surface area contributed by atoms with E-state index in [1.807, 2.05) is 6.07 Å². The summed E-state index contributed by atoms with van der Waals surface area (Å²) in [6.07, 6.45) is 0. The van der Waals surface area contributed by atoms with Gasteiger partial charge in [0.05, 0.1) is 21.9 Å². The first-order valence-corrected chi connectivity index (χ1v) is 7.61. The van der Waals surface area contributed by atoms with E-state index in [4.69, 9.17) is 4.74 Å². The number of carbonyl (C=O) groups excluding carboxylic acids is 1. The number of hydrogen-bond acceptors (Lipinski definition) is 4. The van der Waals surface area contributed by atoms with Gasteiger partial charge >= 0.3 is 0 Å². The lowest BCUT2D eigenvalue weighted by molar-refractivity contribution is 0.0735. The third-order valence-corrected chi connectivity index (χ3v) is 5.63. The molecule has 17 heavy (non-hydrogen) atoms. The first kappa shape index (κ1) is 13.5. The average Bonchev–Trinajstić information content (AvgIpc) is 2.68. The molecule has 1 fully saturated rings. The molecule has 0 radical (unpaired) electrons. The third-order valence-electron chi connectivity index (χ3n) is 2.38. The van der Waals surface area contributed by atoms with Crippen LogP contribution in [0.3, 0.4) is 0 Å². The Labute approximate surface area is 120 Å². The van der Waals surface area contributed by atoms with Crippen LogP contribution < -0.4 is 10.6 Å². The Hall–Kier alpha value is 0.0500. The maximum absolute atomic E-state index is 11.8. The molecule has 0 aromatic carbocycles. The van der Waals surface area contributed by atoms with Gasteiger partial charge in [0.2, 0.25) is 0 Å². The van der Waals surface area contributed by atoms with Gasteiger partial charge in [-0.25, -0.2) is 0 Å². The van der Waals surface area contributed by atoms with Crippen LogP contribution in [-0.2, 0) is 4.74 Å². The molecule has 0 spiro atoms. The van der Waals surface area contributed by atoms with E-state index < -0.39 is 0 Å². The van der Waals surface area contributed by atoms with Crippen molar-refractivity contribution in [2.75, 3.05) is 26.3 Å². The average molecular weight is 384 g/mol. The number of ether oxygens (including phenoxy) is 1. The van der Waals surface area contributed by atoms with Gasteiger partial charge in [-0.1, -0.05) is 0 Å². The van der Waals surface area contributed by atoms with E-state index >= 15 is 0 Å². The van der Waals surface area contributed by atoms with Crippen LogP contribution in [0.4, 0.5) is 0 Å². The molecule has 0 saturated carbocycles. The van der Waals surface area contributed by atoms with Gasteiger partial charge in [-0.05, 0) is 37.9 Å². The van der Waals surface area contributed by atoms with Gasteiger partial charge in [0, 0.05) is 23.6 Å². The molecule has 1 saturated heterocycles. The highest BCUT2D eigenvalue weighted by Crippen LogP contribution is 2.32. The second-order valence-electron chi connectivity index (χ2n) is 3.67. The lowest BCUT2D eigenvalue weighted by Gasteiger charge is -2.23. The molecular weight excluding hydrogens is 372 g/mol. The van der Waals surface area contributed by atoms with E-state index in [-0.39, 0.29) is 11.9 Å². The molecular formula is C10H12Br2N2O2S. The molecule has 1 aliphatic heterocycles. The van der Waals surface area contributed by atoms with Crippen LogP contribution in [0.15, 0.2) is 14.3 Å². The molecule has 1 aliphatic rings. The van der Waals surface area contributed by atoms with Crippen LogP contribution in [-0.4, -0.2) is 38.3 Å². The van der Waals surface area contributed by atoms with E-state index in [0.29, 0.717) is 18.0 Å². The highest BCUT2D eigenvalue weighted by atomic mass is 79.9. The number of rotatable bonds is 3. The predicted octanol–water partition coefficient (Wildman–Crippen LogP) is 1.99. The van der Waals surface area contributed by atoms with Crippen LogP contribution in [0.1, 0.15) is 9.67 Å². The van der Waals surface area contributed by atoms with Crippen molar-refractivity contribution in [2.45, 2.75) is 6.04 Å². The molecule has 4 nitrogen and oxygen atoms in total. The van der Waals surface area contributed by atoms with E-state index in [1.165, 1.54) is 11.3 Å². The summed E-state index contributed by atoms with van der Waals surface area (Å²) in [7, 11) is 0.